The second-order valence-corrected chi connectivity index (χ2v) is 7.90. The molecule has 0 spiro atoms. The van der Waals surface area contributed by atoms with Crippen molar-refractivity contribution in [1.82, 2.24) is 4.98 Å². The number of nitrogens with one attached hydrogen (secondary N) is 1. The first-order chi connectivity index (χ1) is 14.7. The third-order valence-corrected chi connectivity index (χ3v) is 5.90. The van der Waals surface area contributed by atoms with E-state index in [1.807, 2.05) is 54.6 Å². The van der Waals surface area contributed by atoms with Crippen LogP contribution in [0.4, 0.5) is 6.01 Å². The molecule has 1 N–H and O–H groups in total. The van der Waals surface area contributed by atoms with Crippen LogP contribution in [0, 0.1) is 5.92 Å². The first kappa shape index (κ1) is 20.2. The Morgan fingerprint density at radius 2 is 1.83 bits per heavy atom. The Morgan fingerprint density at radius 3 is 2.60 bits per heavy atom. The summed E-state index contributed by atoms with van der Waals surface area (Å²) in [5.41, 5.74) is 2.07. The summed E-state index contributed by atoms with van der Waals surface area (Å²) < 4.78 is 11.2. The van der Waals surface area contributed by atoms with Gasteiger partial charge >= 0.3 is 6.01 Å². The van der Waals surface area contributed by atoms with Crippen LogP contribution in [0.1, 0.15) is 54.9 Å². The maximum atomic E-state index is 13.2. The average Bonchev–Trinajstić information content (AvgIpc) is 3.22. The molecule has 30 heavy (non-hydrogen) atoms. The molecule has 1 aromatic heterocycles. The van der Waals surface area contributed by atoms with Crippen LogP contribution >= 0.6 is 0 Å². The zero-order valence-corrected chi connectivity index (χ0v) is 17.3. The lowest BCUT2D eigenvalue weighted by atomic mass is 9.76. The molecule has 1 amide bonds. The Labute approximate surface area is 177 Å². The first-order valence-corrected chi connectivity index (χ1v) is 10.7. The van der Waals surface area contributed by atoms with E-state index in [2.05, 4.69) is 10.3 Å². The minimum atomic E-state index is -0.184. The number of nitrogens with zero attached hydrogens (tertiary/aromatic N) is 1. The molecule has 0 bridgehead atoms. The van der Waals surface area contributed by atoms with Crippen LogP contribution in [0.2, 0.25) is 0 Å². The smallest absolute Gasteiger partial charge is 0.301 e. The number of methoxy groups -OCH3 is 1. The van der Waals surface area contributed by atoms with Crippen molar-refractivity contribution in [3.05, 3.63) is 77.7 Å². The van der Waals surface area contributed by atoms with Gasteiger partial charge in [0.1, 0.15) is 11.5 Å². The number of carbonyl (C=O) groups is 1. The van der Waals surface area contributed by atoms with Gasteiger partial charge in [-0.3, -0.25) is 10.1 Å². The molecule has 1 heterocycles. The van der Waals surface area contributed by atoms with Gasteiger partial charge in [0.05, 0.1) is 19.2 Å². The van der Waals surface area contributed by atoms with Crippen molar-refractivity contribution in [2.24, 2.45) is 5.92 Å². The van der Waals surface area contributed by atoms with Gasteiger partial charge in [-0.25, -0.2) is 4.98 Å². The number of anilines is 1. The van der Waals surface area contributed by atoms with Crippen molar-refractivity contribution in [3.63, 3.8) is 0 Å². The molecule has 5 nitrogen and oxygen atoms in total. The normalized spacial score (nSPS) is 15.5. The first-order valence-electron chi connectivity index (χ1n) is 10.7. The van der Waals surface area contributed by atoms with E-state index in [4.69, 9.17) is 9.15 Å². The summed E-state index contributed by atoms with van der Waals surface area (Å²) in [4.78, 5) is 17.5. The number of ether oxygens (including phenoxy) is 1. The Bertz CT molecular complexity index is 961. The highest BCUT2D eigenvalue weighted by atomic mass is 16.5. The Kier molecular flexibility index (Phi) is 6.47. The Morgan fingerprint density at radius 1 is 1.10 bits per heavy atom. The Balaban J connectivity index is 1.49. The summed E-state index contributed by atoms with van der Waals surface area (Å²) >= 11 is 0. The predicted molar refractivity (Wildman–Crippen MR) is 117 cm³/mol. The van der Waals surface area contributed by atoms with Crippen LogP contribution in [-0.4, -0.2) is 18.0 Å². The summed E-state index contributed by atoms with van der Waals surface area (Å²) in [5.74, 6) is 1.61. The van der Waals surface area contributed by atoms with Crippen molar-refractivity contribution < 1.29 is 13.9 Å². The lowest BCUT2D eigenvalue weighted by Crippen LogP contribution is -2.29. The maximum Gasteiger partial charge on any atom is 0.301 e. The van der Waals surface area contributed by atoms with Gasteiger partial charge in [0.15, 0.2) is 0 Å². The fraction of sp³-hybridized carbons (Fsp3) is 0.360. The minimum Gasteiger partial charge on any atom is -0.496 e. The molecule has 1 unspecified atom stereocenters. The molecule has 3 aromatic rings. The van der Waals surface area contributed by atoms with Crippen molar-refractivity contribution >= 4 is 11.9 Å². The largest absolute Gasteiger partial charge is 0.496 e. The van der Waals surface area contributed by atoms with E-state index in [-0.39, 0.29) is 17.8 Å². The summed E-state index contributed by atoms with van der Waals surface area (Å²) in [5, 5.41) is 2.92. The highest BCUT2D eigenvalue weighted by molar-refractivity contribution is 5.94. The maximum absolute atomic E-state index is 13.2. The highest BCUT2D eigenvalue weighted by Crippen LogP contribution is 2.37. The van der Waals surface area contributed by atoms with Crippen LogP contribution in [0.3, 0.4) is 0 Å². The third-order valence-electron chi connectivity index (χ3n) is 5.90. The average molecular weight is 405 g/mol. The molecular weight excluding hydrogens is 376 g/mol. The summed E-state index contributed by atoms with van der Waals surface area (Å²) in [6.45, 7) is 0. The van der Waals surface area contributed by atoms with Gasteiger partial charge in [0.25, 0.3) is 0 Å². The van der Waals surface area contributed by atoms with Crippen LogP contribution in [-0.2, 0) is 11.2 Å². The number of para-hydroxylation sites is 1. The summed E-state index contributed by atoms with van der Waals surface area (Å²) in [7, 11) is 1.65. The van der Waals surface area contributed by atoms with Crippen molar-refractivity contribution in [2.75, 3.05) is 12.4 Å². The van der Waals surface area contributed by atoms with E-state index in [9.17, 15) is 4.79 Å². The van der Waals surface area contributed by atoms with Gasteiger partial charge < -0.3 is 9.15 Å². The highest BCUT2D eigenvalue weighted by Gasteiger charge is 2.31. The number of rotatable bonds is 7. The molecular formula is C25H28N2O3. The lowest BCUT2D eigenvalue weighted by molar-refractivity contribution is -0.119. The minimum absolute atomic E-state index is 0.0428. The molecule has 0 radical (unpaired) electrons. The molecule has 1 atom stereocenters. The molecule has 156 valence electrons. The van der Waals surface area contributed by atoms with Crippen molar-refractivity contribution in [3.8, 4) is 5.75 Å². The zero-order chi connectivity index (χ0) is 20.8. The molecule has 1 aliphatic carbocycles. The molecule has 2 aromatic carbocycles. The molecule has 1 fully saturated rings. The molecule has 5 heteroatoms. The van der Waals surface area contributed by atoms with Gasteiger partial charge in [-0.2, -0.15) is 0 Å². The molecule has 0 saturated heterocycles. The van der Waals surface area contributed by atoms with Crippen molar-refractivity contribution in [1.29, 1.82) is 0 Å². The second-order valence-electron chi connectivity index (χ2n) is 7.90. The number of aromatic nitrogens is 1. The number of amides is 1. The Hall–Kier alpha value is -3.08. The van der Waals surface area contributed by atoms with Gasteiger partial charge in [-0.05, 0) is 30.4 Å². The fourth-order valence-electron chi connectivity index (χ4n) is 4.43. The van der Waals surface area contributed by atoms with Gasteiger partial charge in [0, 0.05) is 12.0 Å². The van der Waals surface area contributed by atoms with Gasteiger partial charge in [-0.15, -0.1) is 0 Å². The van der Waals surface area contributed by atoms with E-state index in [0.717, 1.165) is 29.7 Å². The fourth-order valence-corrected chi connectivity index (χ4v) is 4.43. The molecule has 1 saturated carbocycles. The zero-order valence-electron chi connectivity index (χ0n) is 17.3. The van der Waals surface area contributed by atoms with Crippen molar-refractivity contribution in [2.45, 2.75) is 44.4 Å². The summed E-state index contributed by atoms with van der Waals surface area (Å²) in [6, 6.07) is 18.1. The van der Waals surface area contributed by atoms with Crippen LogP contribution in [0.5, 0.6) is 5.75 Å². The number of hydrogen-bond donors (Lipinski definition) is 1. The number of benzene rings is 2. The molecule has 1 aliphatic rings. The van der Waals surface area contributed by atoms with Crippen LogP contribution in [0.15, 0.2) is 65.2 Å². The van der Waals surface area contributed by atoms with Gasteiger partial charge in [0.2, 0.25) is 5.91 Å². The van der Waals surface area contributed by atoms with E-state index >= 15 is 0 Å². The molecule has 0 aliphatic heterocycles. The van der Waals surface area contributed by atoms with E-state index < -0.39 is 0 Å². The monoisotopic (exact) mass is 404 g/mol. The van der Waals surface area contributed by atoms with E-state index in [1.165, 1.54) is 19.3 Å². The van der Waals surface area contributed by atoms with Gasteiger partial charge in [-0.1, -0.05) is 67.8 Å². The standard InChI is InChI=1S/C25H28N2O3/c1-29-22-15-9-8-14-20(22)16-21-17-26-25(30-21)27-24(28)23(18-10-4-2-5-11-18)19-12-6-3-7-13-19/h2,4-5,8-11,14-15,17,19,23H,3,6-7,12-13,16H2,1H3,(H,26,27,28). The molecule has 4 rings (SSSR count). The topological polar surface area (TPSA) is 64.4 Å². The van der Waals surface area contributed by atoms with E-state index in [1.54, 1.807) is 13.3 Å². The number of hydrogen-bond acceptors (Lipinski definition) is 4. The van der Waals surface area contributed by atoms with Crippen LogP contribution in [0.25, 0.3) is 0 Å². The predicted octanol–water partition coefficient (Wildman–Crippen LogP) is 5.58. The van der Waals surface area contributed by atoms with E-state index in [0.29, 0.717) is 18.1 Å². The number of oxazole rings is 1. The third kappa shape index (κ3) is 4.73. The SMILES string of the molecule is COc1ccccc1Cc1cnc(NC(=O)C(c2ccccc2)C2CCCCC2)o1. The van der Waals surface area contributed by atoms with Crippen LogP contribution < -0.4 is 10.1 Å². The number of carbonyl (C=O) groups excluding carboxylic acids is 1. The second kappa shape index (κ2) is 9.61. The summed E-state index contributed by atoms with van der Waals surface area (Å²) in [6.07, 6.45) is 8.01. The lowest BCUT2D eigenvalue weighted by Gasteiger charge is -2.29. The quantitative estimate of drug-likeness (QED) is 0.559.